The number of hydrogen-bond donors (Lipinski definition) is 2. The zero-order valence-electron chi connectivity index (χ0n) is 13.5. The molecule has 1 aliphatic heterocycles. The van der Waals surface area contributed by atoms with Gasteiger partial charge in [-0.1, -0.05) is 42.6 Å². The summed E-state index contributed by atoms with van der Waals surface area (Å²) in [4.78, 5) is 14.3. The van der Waals surface area contributed by atoms with Crippen LogP contribution in [0, 0.1) is 0 Å². The molecule has 0 bridgehead atoms. The molecule has 1 fully saturated rings. The lowest BCUT2D eigenvalue weighted by Crippen LogP contribution is -2.49. The first-order valence-electron chi connectivity index (χ1n) is 8.21. The molecule has 1 heterocycles. The molecule has 4 nitrogen and oxygen atoms in total. The van der Waals surface area contributed by atoms with Gasteiger partial charge in [-0.2, -0.15) is 0 Å². The second-order valence-electron chi connectivity index (χ2n) is 6.20. The van der Waals surface area contributed by atoms with Gasteiger partial charge >= 0.3 is 0 Å². The SMILES string of the molecule is CCCC(N)C(=O)NC1CCN(Cc2ccc(Cl)c(Cl)c2)CC1. The molecule has 1 saturated heterocycles. The van der Waals surface area contributed by atoms with E-state index in [-0.39, 0.29) is 18.0 Å². The summed E-state index contributed by atoms with van der Waals surface area (Å²) in [5.74, 6) is -0.0187. The summed E-state index contributed by atoms with van der Waals surface area (Å²) in [6, 6.07) is 5.61. The van der Waals surface area contributed by atoms with Crippen molar-refractivity contribution in [3.63, 3.8) is 0 Å². The number of amides is 1. The number of benzene rings is 1. The van der Waals surface area contributed by atoms with E-state index in [2.05, 4.69) is 10.2 Å². The quantitative estimate of drug-likeness (QED) is 0.821. The van der Waals surface area contributed by atoms with Crippen LogP contribution >= 0.6 is 23.2 Å². The average Bonchev–Trinajstić information content (AvgIpc) is 2.53. The number of nitrogens with zero attached hydrogens (tertiary/aromatic N) is 1. The van der Waals surface area contributed by atoms with E-state index < -0.39 is 0 Å². The molecule has 1 unspecified atom stereocenters. The third-order valence-electron chi connectivity index (χ3n) is 4.26. The Kier molecular flexibility index (Phi) is 7.15. The van der Waals surface area contributed by atoms with Crippen molar-refractivity contribution in [2.75, 3.05) is 13.1 Å². The Morgan fingerprint density at radius 3 is 2.65 bits per heavy atom. The lowest BCUT2D eigenvalue weighted by Gasteiger charge is -2.33. The highest BCUT2D eigenvalue weighted by Gasteiger charge is 2.22. The van der Waals surface area contributed by atoms with E-state index in [1.165, 1.54) is 0 Å². The van der Waals surface area contributed by atoms with Gasteiger partial charge in [0.2, 0.25) is 5.91 Å². The van der Waals surface area contributed by atoms with E-state index in [0.717, 1.165) is 50.9 Å². The predicted molar refractivity (Wildman–Crippen MR) is 95.8 cm³/mol. The summed E-state index contributed by atoms with van der Waals surface area (Å²) in [5.41, 5.74) is 7.01. The highest BCUT2D eigenvalue weighted by Crippen LogP contribution is 2.24. The molecule has 1 aromatic rings. The van der Waals surface area contributed by atoms with Crippen LogP contribution in [0.1, 0.15) is 38.2 Å². The maximum atomic E-state index is 12.0. The van der Waals surface area contributed by atoms with E-state index in [4.69, 9.17) is 28.9 Å². The summed E-state index contributed by atoms with van der Waals surface area (Å²) in [6.45, 7) is 4.80. The summed E-state index contributed by atoms with van der Waals surface area (Å²) < 4.78 is 0. The van der Waals surface area contributed by atoms with Crippen LogP contribution in [0.25, 0.3) is 0 Å². The largest absolute Gasteiger partial charge is 0.352 e. The number of halogens is 2. The summed E-state index contributed by atoms with van der Waals surface area (Å²) >= 11 is 12.0. The molecule has 0 spiro atoms. The fraction of sp³-hybridized carbons (Fsp3) is 0.588. The van der Waals surface area contributed by atoms with Crippen molar-refractivity contribution >= 4 is 29.1 Å². The average molecular weight is 358 g/mol. The number of likely N-dealkylation sites (tertiary alicyclic amines) is 1. The third kappa shape index (κ3) is 5.64. The molecule has 1 aliphatic rings. The predicted octanol–water partition coefficient (Wildman–Crippen LogP) is 3.20. The van der Waals surface area contributed by atoms with Crippen LogP contribution in [0.15, 0.2) is 18.2 Å². The van der Waals surface area contributed by atoms with Crippen LogP contribution in [-0.2, 0) is 11.3 Å². The van der Waals surface area contributed by atoms with Crippen LogP contribution < -0.4 is 11.1 Å². The third-order valence-corrected chi connectivity index (χ3v) is 5.00. The molecule has 0 aromatic heterocycles. The van der Waals surface area contributed by atoms with Gasteiger partial charge in [-0.25, -0.2) is 0 Å². The summed E-state index contributed by atoms with van der Waals surface area (Å²) in [7, 11) is 0. The van der Waals surface area contributed by atoms with Gasteiger partial charge in [0, 0.05) is 25.7 Å². The van der Waals surface area contributed by atoms with Crippen LogP contribution in [-0.4, -0.2) is 36.0 Å². The molecule has 0 saturated carbocycles. The molecule has 128 valence electrons. The van der Waals surface area contributed by atoms with Crippen molar-refractivity contribution in [2.24, 2.45) is 5.73 Å². The number of piperidine rings is 1. The van der Waals surface area contributed by atoms with Gasteiger partial charge in [0.15, 0.2) is 0 Å². The Morgan fingerprint density at radius 2 is 2.04 bits per heavy atom. The highest BCUT2D eigenvalue weighted by molar-refractivity contribution is 6.42. The first-order chi connectivity index (χ1) is 11.0. The number of nitrogens with two attached hydrogens (primary N) is 1. The first-order valence-corrected chi connectivity index (χ1v) is 8.97. The summed E-state index contributed by atoms with van der Waals surface area (Å²) in [5, 5.41) is 4.25. The molecule has 0 aliphatic carbocycles. The molecule has 6 heteroatoms. The second kappa shape index (κ2) is 8.88. The Labute approximate surface area is 148 Å². The van der Waals surface area contributed by atoms with E-state index in [1.54, 1.807) is 0 Å². The molecule has 2 rings (SSSR count). The number of carbonyl (C=O) groups excluding carboxylic acids is 1. The molecule has 1 atom stereocenters. The van der Waals surface area contributed by atoms with Crippen LogP contribution in [0.5, 0.6) is 0 Å². The molecule has 0 radical (unpaired) electrons. The van der Waals surface area contributed by atoms with Gasteiger partial charge in [0.05, 0.1) is 16.1 Å². The van der Waals surface area contributed by atoms with Gasteiger partial charge in [0.1, 0.15) is 0 Å². The number of nitrogens with one attached hydrogen (secondary N) is 1. The van der Waals surface area contributed by atoms with Crippen molar-refractivity contribution in [1.29, 1.82) is 0 Å². The Morgan fingerprint density at radius 1 is 1.35 bits per heavy atom. The number of hydrogen-bond acceptors (Lipinski definition) is 3. The monoisotopic (exact) mass is 357 g/mol. The van der Waals surface area contributed by atoms with Gasteiger partial charge in [-0.05, 0) is 37.0 Å². The maximum Gasteiger partial charge on any atom is 0.237 e. The highest BCUT2D eigenvalue weighted by atomic mass is 35.5. The van der Waals surface area contributed by atoms with Gasteiger partial charge in [0.25, 0.3) is 0 Å². The first kappa shape index (κ1) is 18.5. The molecule has 23 heavy (non-hydrogen) atoms. The van der Waals surface area contributed by atoms with Crippen LogP contribution in [0.3, 0.4) is 0 Å². The van der Waals surface area contributed by atoms with E-state index >= 15 is 0 Å². The standard InChI is InChI=1S/C17H25Cl2N3O/c1-2-3-16(20)17(23)21-13-6-8-22(9-7-13)11-12-4-5-14(18)15(19)10-12/h4-5,10,13,16H,2-3,6-9,11,20H2,1H3,(H,21,23). The fourth-order valence-electron chi connectivity index (χ4n) is 2.88. The molecule has 1 amide bonds. The number of rotatable bonds is 6. The Hall–Kier alpha value is -0.810. The zero-order chi connectivity index (χ0) is 16.8. The van der Waals surface area contributed by atoms with E-state index in [9.17, 15) is 4.79 Å². The normalized spacial score (nSPS) is 17.9. The van der Waals surface area contributed by atoms with E-state index in [1.807, 2.05) is 25.1 Å². The van der Waals surface area contributed by atoms with Crippen LogP contribution in [0.4, 0.5) is 0 Å². The Bertz CT molecular complexity index is 531. The minimum atomic E-state index is -0.380. The fourth-order valence-corrected chi connectivity index (χ4v) is 3.20. The van der Waals surface area contributed by atoms with Crippen molar-refractivity contribution in [2.45, 2.75) is 51.2 Å². The molecule has 3 N–H and O–H groups in total. The van der Waals surface area contributed by atoms with Gasteiger partial charge in [-0.3, -0.25) is 9.69 Å². The summed E-state index contributed by atoms with van der Waals surface area (Å²) in [6.07, 6.45) is 3.57. The number of carbonyl (C=O) groups is 1. The zero-order valence-corrected chi connectivity index (χ0v) is 15.0. The minimum Gasteiger partial charge on any atom is -0.352 e. The van der Waals surface area contributed by atoms with Crippen molar-refractivity contribution < 1.29 is 4.79 Å². The van der Waals surface area contributed by atoms with Crippen LogP contribution in [0.2, 0.25) is 10.0 Å². The van der Waals surface area contributed by atoms with Crippen molar-refractivity contribution in [3.05, 3.63) is 33.8 Å². The van der Waals surface area contributed by atoms with Gasteiger partial charge in [-0.15, -0.1) is 0 Å². The lowest BCUT2D eigenvalue weighted by atomic mass is 10.0. The topological polar surface area (TPSA) is 58.4 Å². The van der Waals surface area contributed by atoms with Crippen molar-refractivity contribution in [3.8, 4) is 0 Å². The molecule has 1 aromatic carbocycles. The molecular weight excluding hydrogens is 333 g/mol. The van der Waals surface area contributed by atoms with Crippen molar-refractivity contribution in [1.82, 2.24) is 10.2 Å². The smallest absolute Gasteiger partial charge is 0.237 e. The second-order valence-corrected chi connectivity index (χ2v) is 7.02. The Balaban J connectivity index is 1.77. The van der Waals surface area contributed by atoms with Gasteiger partial charge < -0.3 is 11.1 Å². The molecular formula is C17H25Cl2N3O. The maximum absolute atomic E-state index is 12.0. The minimum absolute atomic E-state index is 0.0187. The lowest BCUT2D eigenvalue weighted by molar-refractivity contribution is -0.123. The van der Waals surface area contributed by atoms with E-state index in [0.29, 0.717) is 10.0 Å².